The number of aromatic nitrogens is 6. The Morgan fingerprint density at radius 3 is 2.06 bits per heavy atom. The molecule has 1 amide bonds. The van der Waals surface area contributed by atoms with Gasteiger partial charge in [0.05, 0.1) is 29.8 Å². The molecular weight excluding hydrogens is 434 g/mol. The minimum Gasteiger partial charge on any atom is -0.459 e. The van der Waals surface area contributed by atoms with Crippen molar-refractivity contribution < 1.29 is 14.3 Å². The summed E-state index contributed by atoms with van der Waals surface area (Å²) in [6, 6.07) is 18.6. The molecule has 1 aliphatic heterocycles. The molecule has 0 aliphatic carbocycles. The number of likely N-dealkylation sites (tertiary alicyclic amines) is 1. The number of hydrogen-bond acceptors (Lipinski definition) is 7. The van der Waals surface area contributed by atoms with Crippen LogP contribution in [-0.2, 0) is 4.74 Å². The molecule has 0 bridgehead atoms. The molecular formula is C24H23N7O3. The molecule has 10 nitrogen and oxygen atoms in total. The van der Waals surface area contributed by atoms with E-state index in [1.165, 1.54) is 10.9 Å². The Labute approximate surface area is 195 Å². The number of piperidine rings is 1. The lowest BCUT2D eigenvalue weighted by Gasteiger charge is -2.34. The zero-order valence-corrected chi connectivity index (χ0v) is 18.4. The highest BCUT2D eigenvalue weighted by atomic mass is 16.5. The van der Waals surface area contributed by atoms with Gasteiger partial charge in [-0.1, -0.05) is 46.8 Å². The molecule has 5 rings (SSSR count). The van der Waals surface area contributed by atoms with Crippen LogP contribution in [0, 0.1) is 0 Å². The van der Waals surface area contributed by atoms with Crippen LogP contribution in [0.3, 0.4) is 0 Å². The molecule has 1 atom stereocenters. The van der Waals surface area contributed by atoms with Gasteiger partial charge in [0.15, 0.2) is 11.4 Å². The second kappa shape index (κ2) is 9.65. The minimum atomic E-state index is -0.574. The Kier molecular flexibility index (Phi) is 6.11. The van der Waals surface area contributed by atoms with Gasteiger partial charge in [0.1, 0.15) is 6.61 Å². The van der Waals surface area contributed by atoms with Crippen molar-refractivity contribution >= 4 is 11.9 Å². The lowest BCUT2D eigenvalue weighted by Crippen LogP contribution is -2.46. The highest BCUT2D eigenvalue weighted by Crippen LogP contribution is 2.20. The van der Waals surface area contributed by atoms with Crippen LogP contribution in [0.1, 0.15) is 40.2 Å². The first kappa shape index (κ1) is 21.5. The SMILES string of the molecule is O=C(OC[C@@H]1CCCCN1C(=O)c1cn(-c2ccccc2)nn1)c1cn(-c2ccccc2)nn1. The van der Waals surface area contributed by atoms with Crippen molar-refractivity contribution in [3.8, 4) is 11.4 Å². The molecule has 1 fully saturated rings. The summed E-state index contributed by atoms with van der Waals surface area (Å²) in [6.45, 7) is 0.652. The summed E-state index contributed by atoms with van der Waals surface area (Å²) < 4.78 is 8.61. The van der Waals surface area contributed by atoms with Gasteiger partial charge in [-0.05, 0) is 43.5 Å². The molecule has 0 saturated carbocycles. The Morgan fingerprint density at radius 2 is 1.41 bits per heavy atom. The lowest BCUT2D eigenvalue weighted by atomic mass is 10.0. The maximum Gasteiger partial charge on any atom is 0.360 e. The van der Waals surface area contributed by atoms with E-state index in [4.69, 9.17) is 4.74 Å². The summed E-state index contributed by atoms with van der Waals surface area (Å²) in [4.78, 5) is 27.5. The number of nitrogens with zero attached hydrogens (tertiary/aromatic N) is 7. The largest absolute Gasteiger partial charge is 0.459 e. The molecule has 0 radical (unpaired) electrons. The molecule has 0 N–H and O–H groups in total. The van der Waals surface area contributed by atoms with E-state index in [9.17, 15) is 9.59 Å². The number of carbonyl (C=O) groups is 2. The van der Waals surface area contributed by atoms with Crippen molar-refractivity contribution in [2.45, 2.75) is 25.3 Å². The number of ether oxygens (including phenoxy) is 1. The summed E-state index contributed by atoms with van der Waals surface area (Å²) >= 11 is 0. The van der Waals surface area contributed by atoms with Crippen LogP contribution in [0.25, 0.3) is 11.4 Å². The Balaban J connectivity index is 1.24. The summed E-state index contributed by atoms with van der Waals surface area (Å²) in [5, 5.41) is 16.1. The molecule has 34 heavy (non-hydrogen) atoms. The predicted octanol–water partition coefficient (Wildman–Crippen LogP) is 2.70. The van der Waals surface area contributed by atoms with E-state index in [1.54, 1.807) is 15.8 Å². The number of para-hydroxylation sites is 2. The van der Waals surface area contributed by atoms with Gasteiger partial charge in [-0.3, -0.25) is 4.79 Å². The van der Waals surface area contributed by atoms with Crippen LogP contribution in [0.4, 0.5) is 0 Å². The molecule has 2 aromatic heterocycles. The Hall–Kier alpha value is -4.34. The summed E-state index contributed by atoms with van der Waals surface area (Å²) in [7, 11) is 0. The van der Waals surface area contributed by atoms with Gasteiger partial charge in [0.25, 0.3) is 5.91 Å². The normalized spacial score (nSPS) is 15.8. The average molecular weight is 457 g/mol. The van der Waals surface area contributed by atoms with Crippen LogP contribution in [-0.4, -0.2) is 66.0 Å². The van der Waals surface area contributed by atoms with Gasteiger partial charge in [-0.25, -0.2) is 14.2 Å². The number of benzene rings is 2. The zero-order chi connectivity index (χ0) is 23.3. The molecule has 10 heteroatoms. The van der Waals surface area contributed by atoms with Gasteiger partial charge in [0, 0.05) is 6.54 Å². The van der Waals surface area contributed by atoms with Crippen molar-refractivity contribution in [1.29, 1.82) is 0 Å². The Morgan fingerprint density at radius 1 is 0.824 bits per heavy atom. The monoisotopic (exact) mass is 457 g/mol. The maximum absolute atomic E-state index is 13.2. The predicted molar refractivity (Wildman–Crippen MR) is 122 cm³/mol. The first-order valence-corrected chi connectivity index (χ1v) is 11.1. The fourth-order valence-electron chi connectivity index (χ4n) is 3.97. The first-order valence-electron chi connectivity index (χ1n) is 11.1. The van der Waals surface area contributed by atoms with Crippen LogP contribution in [0.15, 0.2) is 73.1 Å². The lowest BCUT2D eigenvalue weighted by molar-refractivity contribution is 0.0245. The van der Waals surface area contributed by atoms with Crippen molar-refractivity contribution in [3.05, 3.63) is 84.4 Å². The zero-order valence-electron chi connectivity index (χ0n) is 18.4. The third-order valence-electron chi connectivity index (χ3n) is 5.75. The van der Waals surface area contributed by atoms with Gasteiger partial charge in [-0.15, -0.1) is 10.2 Å². The van der Waals surface area contributed by atoms with Crippen LogP contribution in [0.2, 0.25) is 0 Å². The summed E-state index contributed by atoms with van der Waals surface area (Å²) in [5.74, 6) is -0.798. The van der Waals surface area contributed by atoms with Crippen molar-refractivity contribution in [1.82, 2.24) is 34.9 Å². The second-order valence-corrected chi connectivity index (χ2v) is 8.01. The summed E-state index contributed by atoms with van der Waals surface area (Å²) in [6.07, 6.45) is 5.73. The number of rotatable bonds is 6. The fourth-order valence-corrected chi connectivity index (χ4v) is 3.97. The van der Waals surface area contributed by atoms with Crippen LogP contribution >= 0.6 is 0 Å². The van der Waals surface area contributed by atoms with Crippen LogP contribution in [0.5, 0.6) is 0 Å². The van der Waals surface area contributed by atoms with Crippen LogP contribution < -0.4 is 0 Å². The van der Waals surface area contributed by atoms with Crippen molar-refractivity contribution in [2.24, 2.45) is 0 Å². The third kappa shape index (κ3) is 4.56. The van der Waals surface area contributed by atoms with Gasteiger partial charge >= 0.3 is 5.97 Å². The van der Waals surface area contributed by atoms with E-state index in [2.05, 4.69) is 20.6 Å². The van der Waals surface area contributed by atoms with E-state index in [0.29, 0.717) is 6.54 Å². The van der Waals surface area contributed by atoms with E-state index in [0.717, 1.165) is 30.6 Å². The molecule has 172 valence electrons. The van der Waals surface area contributed by atoms with E-state index in [-0.39, 0.29) is 29.9 Å². The summed E-state index contributed by atoms with van der Waals surface area (Å²) in [5.41, 5.74) is 1.99. The molecule has 0 unspecified atom stereocenters. The van der Waals surface area contributed by atoms with E-state index >= 15 is 0 Å². The molecule has 0 spiro atoms. The maximum atomic E-state index is 13.2. The average Bonchev–Trinajstić information content (AvgIpc) is 3.59. The van der Waals surface area contributed by atoms with E-state index < -0.39 is 5.97 Å². The third-order valence-corrected chi connectivity index (χ3v) is 5.75. The minimum absolute atomic E-state index is 0.0790. The number of amides is 1. The van der Waals surface area contributed by atoms with E-state index in [1.807, 2.05) is 60.7 Å². The fraction of sp³-hybridized carbons (Fsp3) is 0.250. The second-order valence-electron chi connectivity index (χ2n) is 8.01. The molecule has 1 aliphatic rings. The standard InChI is InChI=1S/C24H23N7O3/c32-23(21-15-30(27-25-21)18-9-3-1-4-10-18)29-14-8-7-13-20(29)17-34-24(33)22-16-31(28-26-22)19-11-5-2-6-12-19/h1-6,9-12,15-16,20H,7-8,13-14,17H2/t20-/m0/s1. The highest BCUT2D eigenvalue weighted by Gasteiger charge is 2.30. The molecule has 1 saturated heterocycles. The number of carbonyl (C=O) groups excluding carboxylic acids is 2. The van der Waals surface area contributed by atoms with Gasteiger partial charge in [0.2, 0.25) is 0 Å². The van der Waals surface area contributed by atoms with Crippen molar-refractivity contribution in [2.75, 3.05) is 13.2 Å². The first-order chi connectivity index (χ1) is 16.7. The Bertz CT molecular complexity index is 1270. The molecule has 3 heterocycles. The molecule has 4 aromatic rings. The topological polar surface area (TPSA) is 108 Å². The van der Waals surface area contributed by atoms with Crippen molar-refractivity contribution in [3.63, 3.8) is 0 Å². The highest BCUT2D eigenvalue weighted by molar-refractivity contribution is 5.92. The van der Waals surface area contributed by atoms with Gasteiger partial charge in [-0.2, -0.15) is 0 Å². The molecule has 2 aromatic carbocycles. The quantitative estimate of drug-likeness (QED) is 0.410. The number of hydrogen-bond donors (Lipinski definition) is 0. The number of esters is 1. The smallest absolute Gasteiger partial charge is 0.360 e. The van der Waals surface area contributed by atoms with Gasteiger partial charge < -0.3 is 9.64 Å².